The zero-order valence-electron chi connectivity index (χ0n) is 13.7. The van der Waals surface area contributed by atoms with Crippen molar-refractivity contribution < 1.29 is 17.6 Å². The zero-order valence-corrected chi connectivity index (χ0v) is 15.4. The third kappa shape index (κ3) is 4.38. The fourth-order valence-corrected chi connectivity index (χ4v) is 4.65. The summed E-state index contributed by atoms with van der Waals surface area (Å²) in [5.74, 6) is -0.204. The van der Waals surface area contributed by atoms with Crippen molar-refractivity contribution in [2.24, 2.45) is 5.92 Å². The van der Waals surface area contributed by atoms with Crippen LogP contribution in [0.5, 0.6) is 0 Å². The molecule has 8 heteroatoms. The van der Waals surface area contributed by atoms with Crippen LogP contribution in [-0.2, 0) is 9.84 Å². The summed E-state index contributed by atoms with van der Waals surface area (Å²) in [4.78, 5) is 14.3. The average molecular weight is 382 g/mol. The Morgan fingerprint density at radius 3 is 2.72 bits per heavy atom. The summed E-state index contributed by atoms with van der Waals surface area (Å²) in [6.45, 7) is 2.19. The van der Waals surface area contributed by atoms with Gasteiger partial charge in [0.15, 0.2) is 9.84 Å². The number of amides is 1. The average Bonchev–Trinajstić information content (AvgIpc) is 3.22. The van der Waals surface area contributed by atoms with Gasteiger partial charge in [0.2, 0.25) is 0 Å². The molecule has 1 fully saturated rings. The number of benzene rings is 1. The summed E-state index contributed by atoms with van der Waals surface area (Å²) in [6, 6.07) is 7.82. The van der Waals surface area contributed by atoms with Crippen molar-refractivity contribution in [2.75, 3.05) is 30.8 Å². The molecule has 2 aromatic rings. The predicted molar refractivity (Wildman–Crippen MR) is 96.5 cm³/mol. The lowest BCUT2D eigenvalue weighted by atomic mass is 10.1. The highest BCUT2D eigenvalue weighted by molar-refractivity contribution is 7.92. The van der Waals surface area contributed by atoms with Gasteiger partial charge in [-0.15, -0.1) is 11.3 Å². The van der Waals surface area contributed by atoms with E-state index in [-0.39, 0.29) is 15.9 Å². The van der Waals surface area contributed by atoms with Gasteiger partial charge in [0.25, 0.3) is 5.91 Å². The van der Waals surface area contributed by atoms with E-state index in [9.17, 15) is 17.6 Å². The van der Waals surface area contributed by atoms with Gasteiger partial charge in [0, 0.05) is 37.0 Å². The summed E-state index contributed by atoms with van der Waals surface area (Å²) < 4.78 is 36.1. The molecule has 0 saturated carbocycles. The van der Waals surface area contributed by atoms with Crippen molar-refractivity contribution in [1.29, 1.82) is 0 Å². The predicted octanol–water partition coefficient (Wildman–Crippen LogP) is 2.55. The minimum atomic E-state index is -3.28. The molecular weight excluding hydrogens is 363 g/mol. The van der Waals surface area contributed by atoms with Crippen LogP contribution in [0, 0.1) is 11.7 Å². The molecule has 1 atom stereocenters. The molecule has 0 radical (unpaired) electrons. The van der Waals surface area contributed by atoms with E-state index in [0.29, 0.717) is 18.0 Å². The molecule has 5 nitrogen and oxygen atoms in total. The number of halogens is 1. The van der Waals surface area contributed by atoms with E-state index in [1.54, 1.807) is 17.5 Å². The fraction of sp³-hybridized carbons (Fsp3) is 0.353. The number of carbonyl (C=O) groups excluding carboxylic acids is 1. The van der Waals surface area contributed by atoms with Crippen LogP contribution in [0.3, 0.4) is 0 Å². The van der Waals surface area contributed by atoms with E-state index in [4.69, 9.17) is 0 Å². The van der Waals surface area contributed by atoms with Gasteiger partial charge in [0.05, 0.1) is 5.56 Å². The summed E-state index contributed by atoms with van der Waals surface area (Å²) in [5.41, 5.74) is 1.35. The van der Waals surface area contributed by atoms with Crippen molar-refractivity contribution >= 4 is 32.8 Å². The standard InChI is InChI=1S/C17H19FN2O3S2/c1-25(22,23)16-8-13(11-24-16)17(21)19-9-12-6-7-20(10-12)15-4-2-14(18)3-5-15/h2-5,8,11-12H,6-7,9-10H2,1H3,(H,19,21). The van der Waals surface area contributed by atoms with Crippen LogP contribution in [0.25, 0.3) is 0 Å². The van der Waals surface area contributed by atoms with Crippen LogP contribution in [0.1, 0.15) is 16.8 Å². The van der Waals surface area contributed by atoms with Crippen molar-refractivity contribution in [3.63, 3.8) is 0 Å². The van der Waals surface area contributed by atoms with Crippen LogP contribution in [0.15, 0.2) is 39.9 Å². The van der Waals surface area contributed by atoms with Gasteiger partial charge < -0.3 is 10.2 Å². The Balaban J connectivity index is 1.53. The second-order valence-corrected chi connectivity index (χ2v) is 9.37. The second kappa shape index (κ2) is 7.13. The van der Waals surface area contributed by atoms with Gasteiger partial charge in [0.1, 0.15) is 10.0 Å². The highest BCUT2D eigenvalue weighted by atomic mass is 32.2. The van der Waals surface area contributed by atoms with E-state index < -0.39 is 9.84 Å². The largest absolute Gasteiger partial charge is 0.371 e. The first-order chi connectivity index (χ1) is 11.8. The third-order valence-electron chi connectivity index (χ3n) is 4.23. The first-order valence-electron chi connectivity index (χ1n) is 7.90. The van der Waals surface area contributed by atoms with Crippen LogP contribution >= 0.6 is 11.3 Å². The highest BCUT2D eigenvalue weighted by Gasteiger charge is 2.23. The monoisotopic (exact) mass is 382 g/mol. The molecule has 0 spiro atoms. The van der Waals surface area contributed by atoms with E-state index in [0.717, 1.165) is 42.8 Å². The lowest BCUT2D eigenvalue weighted by Crippen LogP contribution is -2.30. The van der Waals surface area contributed by atoms with Crippen molar-refractivity contribution in [2.45, 2.75) is 10.6 Å². The topological polar surface area (TPSA) is 66.5 Å². The Morgan fingerprint density at radius 2 is 2.08 bits per heavy atom. The normalized spacial score (nSPS) is 17.7. The molecule has 1 aromatic heterocycles. The molecule has 0 aliphatic carbocycles. The minimum Gasteiger partial charge on any atom is -0.371 e. The molecule has 1 aromatic carbocycles. The van der Waals surface area contributed by atoms with Gasteiger partial charge >= 0.3 is 0 Å². The molecule has 3 rings (SSSR count). The van der Waals surface area contributed by atoms with Crippen LogP contribution in [0.4, 0.5) is 10.1 Å². The number of anilines is 1. The first kappa shape index (κ1) is 17.9. The van der Waals surface area contributed by atoms with Gasteiger partial charge in [-0.05, 0) is 42.7 Å². The third-order valence-corrected chi connectivity index (χ3v) is 7.00. The van der Waals surface area contributed by atoms with Crippen molar-refractivity contribution in [3.05, 3.63) is 47.1 Å². The summed E-state index contributed by atoms with van der Waals surface area (Å²) in [5, 5.41) is 4.43. The number of carbonyl (C=O) groups is 1. The van der Waals surface area contributed by atoms with Crippen molar-refractivity contribution in [1.82, 2.24) is 5.32 Å². The number of nitrogens with one attached hydrogen (secondary N) is 1. The number of rotatable bonds is 5. The molecule has 134 valence electrons. The smallest absolute Gasteiger partial charge is 0.252 e. The van der Waals surface area contributed by atoms with Crippen LogP contribution in [-0.4, -0.2) is 40.2 Å². The summed E-state index contributed by atoms with van der Waals surface area (Å²) in [7, 11) is -3.28. The lowest BCUT2D eigenvalue weighted by Gasteiger charge is -2.18. The highest BCUT2D eigenvalue weighted by Crippen LogP contribution is 2.24. The molecule has 1 saturated heterocycles. The second-order valence-electron chi connectivity index (χ2n) is 6.21. The zero-order chi connectivity index (χ0) is 18.0. The Bertz CT molecular complexity index is 862. The van der Waals surface area contributed by atoms with E-state index in [1.807, 2.05) is 0 Å². The number of hydrogen-bond acceptors (Lipinski definition) is 5. The van der Waals surface area contributed by atoms with Gasteiger partial charge in [-0.2, -0.15) is 0 Å². The fourth-order valence-electron chi connectivity index (χ4n) is 2.85. The number of thiophene rings is 1. The van der Waals surface area contributed by atoms with Crippen molar-refractivity contribution in [3.8, 4) is 0 Å². The minimum absolute atomic E-state index is 0.195. The lowest BCUT2D eigenvalue weighted by molar-refractivity contribution is 0.0948. The molecule has 2 heterocycles. The van der Waals surface area contributed by atoms with Gasteiger partial charge in [-0.3, -0.25) is 4.79 Å². The SMILES string of the molecule is CS(=O)(=O)c1cc(C(=O)NCC2CCN(c3ccc(F)cc3)C2)cs1. The maximum absolute atomic E-state index is 13.0. The molecule has 25 heavy (non-hydrogen) atoms. The number of sulfone groups is 1. The Morgan fingerprint density at radius 1 is 1.36 bits per heavy atom. The molecule has 1 amide bonds. The summed E-state index contributed by atoms with van der Waals surface area (Å²) in [6.07, 6.45) is 2.07. The molecule has 1 aliphatic heterocycles. The van der Waals surface area contributed by atoms with Gasteiger partial charge in [-0.25, -0.2) is 12.8 Å². The van der Waals surface area contributed by atoms with E-state index in [1.165, 1.54) is 18.2 Å². The maximum Gasteiger partial charge on any atom is 0.252 e. The molecule has 1 aliphatic rings. The Labute approximate surface area is 150 Å². The van der Waals surface area contributed by atoms with Crippen LogP contribution in [0.2, 0.25) is 0 Å². The van der Waals surface area contributed by atoms with Gasteiger partial charge in [-0.1, -0.05) is 0 Å². The Hall–Kier alpha value is -1.93. The molecular formula is C17H19FN2O3S2. The number of hydrogen-bond donors (Lipinski definition) is 1. The Kier molecular flexibility index (Phi) is 5.10. The molecule has 0 bridgehead atoms. The molecule has 1 N–H and O–H groups in total. The van der Waals surface area contributed by atoms with Crippen LogP contribution < -0.4 is 10.2 Å². The number of nitrogens with zero attached hydrogens (tertiary/aromatic N) is 1. The quantitative estimate of drug-likeness (QED) is 0.863. The van der Waals surface area contributed by atoms with E-state index >= 15 is 0 Å². The molecule has 1 unspecified atom stereocenters. The summed E-state index contributed by atoms with van der Waals surface area (Å²) >= 11 is 1.05. The van der Waals surface area contributed by atoms with E-state index in [2.05, 4.69) is 10.2 Å². The maximum atomic E-state index is 13.0. The first-order valence-corrected chi connectivity index (χ1v) is 10.7.